The fraction of sp³-hybridized carbons (Fsp3) is 0.286. The molecule has 1 saturated heterocycles. The number of imidazole rings is 1. The minimum absolute atomic E-state index is 0.0334. The molecule has 3 heterocycles. The summed E-state index contributed by atoms with van der Waals surface area (Å²) in [6.45, 7) is 4.11. The summed E-state index contributed by atoms with van der Waals surface area (Å²) in [4.78, 5) is 27.5. The van der Waals surface area contributed by atoms with E-state index < -0.39 is 4.92 Å². The normalized spacial score (nSPS) is 15.3. The summed E-state index contributed by atoms with van der Waals surface area (Å²) < 4.78 is 5.42. The first-order valence-electron chi connectivity index (χ1n) is 10.2. The summed E-state index contributed by atoms with van der Waals surface area (Å²) >= 11 is 0. The molecule has 10 heteroatoms. The molecule has 1 N–H and O–H groups in total. The van der Waals surface area contributed by atoms with Crippen LogP contribution >= 0.6 is 0 Å². The number of fused-ring (bicyclic) bond motifs is 1. The van der Waals surface area contributed by atoms with Crippen molar-refractivity contribution in [1.29, 1.82) is 0 Å². The quantitative estimate of drug-likeness (QED) is 0.387. The van der Waals surface area contributed by atoms with Gasteiger partial charge in [0.25, 0.3) is 5.69 Å². The zero-order chi connectivity index (χ0) is 21.2. The van der Waals surface area contributed by atoms with Crippen LogP contribution in [-0.2, 0) is 6.54 Å². The first kappa shape index (κ1) is 19.2. The summed E-state index contributed by atoms with van der Waals surface area (Å²) in [5.41, 5.74) is 2.74. The Labute approximate surface area is 177 Å². The molecule has 1 fully saturated rings. The number of non-ortho nitro benzene ring substituents is 1. The number of rotatable bonds is 5. The van der Waals surface area contributed by atoms with Gasteiger partial charge < -0.3 is 14.4 Å². The SMILES string of the molecule is O=[N+]([O-])c1ccc(-c2noc(CN3CCCN(c4nc5ccccc5[nH]4)CC3)n2)cc1. The van der Waals surface area contributed by atoms with Crippen LogP contribution in [0.3, 0.4) is 0 Å². The van der Waals surface area contributed by atoms with Gasteiger partial charge in [0.2, 0.25) is 17.7 Å². The Morgan fingerprint density at radius 3 is 2.68 bits per heavy atom. The Morgan fingerprint density at radius 1 is 1.03 bits per heavy atom. The summed E-state index contributed by atoms with van der Waals surface area (Å²) in [6, 6.07) is 14.2. The number of nitro benzene ring substituents is 1. The maximum absolute atomic E-state index is 10.8. The van der Waals surface area contributed by atoms with E-state index in [1.807, 2.05) is 24.3 Å². The molecule has 158 valence electrons. The van der Waals surface area contributed by atoms with Gasteiger partial charge in [0, 0.05) is 43.9 Å². The first-order chi connectivity index (χ1) is 15.2. The average molecular weight is 419 g/mol. The minimum atomic E-state index is -0.431. The molecule has 0 spiro atoms. The number of H-pyrrole nitrogens is 1. The summed E-state index contributed by atoms with van der Waals surface area (Å²) in [5.74, 6) is 1.87. The maximum Gasteiger partial charge on any atom is 0.269 e. The molecule has 31 heavy (non-hydrogen) atoms. The van der Waals surface area contributed by atoms with Crippen LogP contribution < -0.4 is 4.90 Å². The second-order valence-corrected chi connectivity index (χ2v) is 7.51. The van der Waals surface area contributed by atoms with E-state index in [2.05, 4.69) is 24.9 Å². The first-order valence-corrected chi connectivity index (χ1v) is 10.2. The van der Waals surface area contributed by atoms with Crippen molar-refractivity contribution in [3.8, 4) is 11.4 Å². The lowest BCUT2D eigenvalue weighted by Gasteiger charge is -2.20. The van der Waals surface area contributed by atoms with E-state index in [-0.39, 0.29) is 5.69 Å². The third-order valence-corrected chi connectivity index (χ3v) is 5.43. The van der Waals surface area contributed by atoms with Crippen LogP contribution in [0.25, 0.3) is 22.4 Å². The predicted octanol–water partition coefficient (Wildman–Crippen LogP) is 3.23. The van der Waals surface area contributed by atoms with Crippen LogP contribution in [0.2, 0.25) is 0 Å². The standard InChI is InChI=1S/C21H21N7O3/c29-28(30)16-8-6-15(7-9-16)20-24-19(31-25-20)14-26-10-3-11-27(13-12-26)21-22-17-4-1-2-5-18(17)23-21/h1-2,4-9H,3,10-14H2,(H,22,23). The molecule has 0 radical (unpaired) electrons. The highest BCUT2D eigenvalue weighted by Gasteiger charge is 2.20. The van der Waals surface area contributed by atoms with Crippen molar-refractivity contribution in [2.75, 3.05) is 31.1 Å². The van der Waals surface area contributed by atoms with Crippen molar-refractivity contribution < 1.29 is 9.45 Å². The number of aromatic nitrogens is 4. The van der Waals surface area contributed by atoms with Crippen molar-refractivity contribution in [2.24, 2.45) is 0 Å². The highest BCUT2D eigenvalue weighted by atomic mass is 16.6. The van der Waals surface area contributed by atoms with Gasteiger partial charge in [0.15, 0.2) is 0 Å². The molecular formula is C21H21N7O3. The van der Waals surface area contributed by atoms with Gasteiger partial charge >= 0.3 is 0 Å². The fourth-order valence-electron chi connectivity index (χ4n) is 3.79. The largest absolute Gasteiger partial charge is 0.341 e. The number of aromatic amines is 1. The van der Waals surface area contributed by atoms with Crippen molar-refractivity contribution in [3.63, 3.8) is 0 Å². The average Bonchev–Trinajstić information content (AvgIpc) is 3.36. The van der Waals surface area contributed by atoms with E-state index in [1.165, 1.54) is 12.1 Å². The van der Waals surface area contributed by atoms with E-state index in [4.69, 9.17) is 9.51 Å². The molecule has 1 aliphatic rings. The predicted molar refractivity (Wildman–Crippen MR) is 115 cm³/mol. The molecule has 0 amide bonds. The topological polar surface area (TPSA) is 117 Å². The number of hydrogen-bond acceptors (Lipinski definition) is 8. The van der Waals surface area contributed by atoms with E-state index in [0.717, 1.165) is 49.6 Å². The number of nitrogens with one attached hydrogen (secondary N) is 1. The lowest BCUT2D eigenvalue weighted by Crippen LogP contribution is -2.31. The van der Waals surface area contributed by atoms with Crippen molar-refractivity contribution >= 4 is 22.7 Å². The Morgan fingerprint density at radius 2 is 1.87 bits per heavy atom. The number of para-hydroxylation sites is 2. The minimum Gasteiger partial charge on any atom is -0.341 e. The number of hydrogen-bond donors (Lipinski definition) is 1. The van der Waals surface area contributed by atoms with Crippen molar-refractivity contribution in [1.82, 2.24) is 25.0 Å². The van der Waals surface area contributed by atoms with E-state index in [9.17, 15) is 10.1 Å². The zero-order valence-corrected chi connectivity index (χ0v) is 16.8. The Kier molecular flexibility index (Phi) is 5.04. The molecule has 0 atom stereocenters. The number of nitrogens with zero attached hydrogens (tertiary/aromatic N) is 6. The second kappa shape index (κ2) is 8.15. The van der Waals surface area contributed by atoms with E-state index in [0.29, 0.717) is 23.8 Å². The summed E-state index contributed by atoms with van der Waals surface area (Å²) in [6.07, 6.45) is 1.00. The van der Waals surface area contributed by atoms with Gasteiger partial charge in [-0.3, -0.25) is 15.0 Å². The highest BCUT2D eigenvalue weighted by molar-refractivity contribution is 5.77. The fourth-order valence-corrected chi connectivity index (χ4v) is 3.79. The van der Waals surface area contributed by atoms with Crippen LogP contribution in [-0.4, -0.2) is 56.1 Å². The second-order valence-electron chi connectivity index (χ2n) is 7.51. The Hall–Kier alpha value is -3.79. The highest BCUT2D eigenvalue weighted by Crippen LogP contribution is 2.21. The van der Waals surface area contributed by atoms with Crippen LogP contribution in [0.4, 0.5) is 11.6 Å². The van der Waals surface area contributed by atoms with Crippen molar-refractivity contribution in [2.45, 2.75) is 13.0 Å². The third-order valence-electron chi connectivity index (χ3n) is 5.43. The maximum atomic E-state index is 10.8. The van der Waals surface area contributed by atoms with E-state index >= 15 is 0 Å². The van der Waals surface area contributed by atoms with Gasteiger partial charge in [-0.05, 0) is 30.7 Å². The van der Waals surface area contributed by atoms with Crippen LogP contribution in [0, 0.1) is 10.1 Å². The molecule has 0 saturated carbocycles. The zero-order valence-electron chi connectivity index (χ0n) is 16.8. The summed E-state index contributed by atoms with van der Waals surface area (Å²) in [5, 5.41) is 14.8. The lowest BCUT2D eigenvalue weighted by atomic mass is 10.2. The van der Waals surface area contributed by atoms with Gasteiger partial charge in [-0.2, -0.15) is 4.98 Å². The van der Waals surface area contributed by atoms with Gasteiger partial charge in [0.1, 0.15) is 0 Å². The van der Waals surface area contributed by atoms with Gasteiger partial charge in [-0.1, -0.05) is 17.3 Å². The molecule has 2 aromatic carbocycles. The van der Waals surface area contributed by atoms with Crippen LogP contribution in [0.15, 0.2) is 53.1 Å². The monoisotopic (exact) mass is 419 g/mol. The summed E-state index contributed by atoms with van der Waals surface area (Å²) in [7, 11) is 0. The van der Waals surface area contributed by atoms with E-state index in [1.54, 1.807) is 12.1 Å². The van der Waals surface area contributed by atoms with Crippen LogP contribution in [0.1, 0.15) is 12.3 Å². The molecule has 0 unspecified atom stereocenters. The Balaban J connectivity index is 1.22. The molecule has 2 aromatic heterocycles. The third kappa shape index (κ3) is 4.10. The molecule has 1 aliphatic heterocycles. The molecule has 5 rings (SSSR count). The van der Waals surface area contributed by atoms with Crippen LogP contribution in [0.5, 0.6) is 0 Å². The lowest BCUT2D eigenvalue weighted by molar-refractivity contribution is -0.384. The van der Waals surface area contributed by atoms with Crippen molar-refractivity contribution in [3.05, 3.63) is 64.5 Å². The molecular weight excluding hydrogens is 398 g/mol. The molecule has 0 aliphatic carbocycles. The Bertz CT molecular complexity index is 1170. The molecule has 0 bridgehead atoms. The smallest absolute Gasteiger partial charge is 0.269 e. The van der Waals surface area contributed by atoms with Gasteiger partial charge in [-0.15, -0.1) is 0 Å². The molecule has 10 nitrogen and oxygen atoms in total. The number of anilines is 1. The van der Waals surface area contributed by atoms with Gasteiger partial charge in [-0.25, -0.2) is 4.98 Å². The number of nitro groups is 1. The molecule has 4 aromatic rings. The van der Waals surface area contributed by atoms with Gasteiger partial charge in [0.05, 0.1) is 22.5 Å². The number of benzene rings is 2.